The van der Waals surface area contributed by atoms with E-state index in [1.807, 2.05) is 13.8 Å². The molecule has 1 unspecified atom stereocenters. The molecular weight excluding hydrogens is 275 g/mol. The molecule has 0 amide bonds. The van der Waals surface area contributed by atoms with Crippen LogP contribution < -0.4 is 4.74 Å². The zero-order valence-corrected chi connectivity index (χ0v) is 11.4. The molecule has 1 aromatic rings. The lowest BCUT2D eigenvalue weighted by Crippen LogP contribution is -2.18. The van der Waals surface area contributed by atoms with Crippen molar-refractivity contribution < 1.29 is 27.8 Å². The Labute approximate surface area is 115 Å². The number of aliphatic hydroxyl groups excluding tert-OH is 1. The van der Waals surface area contributed by atoms with Crippen molar-refractivity contribution in [2.24, 2.45) is 0 Å². The number of hydrogen-bond donors (Lipinski definition) is 1. The second-order valence-corrected chi connectivity index (χ2v) is 4.59. The minimum absolute atomic E-state index is 0.0284. The van der Waals surface area contributed by atoms with Gasteiger partial charge in [0.15, 0.2) is 0 Å². The predicted molar refractivity (Wildman–Crippen MR) is 66.5 cm³/mol. The van der Waals surface area contributed by atoms with Crippen LogP contribution in [0.4, 0.5) is 13.2 Å². The van der Waals surface area contributed by atoms with Gasteiger partial charge in [-0.3, -0.25) is 4.98 Å². The fraction of sp³-hybridized carbons (Fsp3) is 0.615. The highest BCUT2D eigenvalue weighted by Gasteiger charge is 2.27. The molecule has 1 rings (SSSR count). The van der Waals surface area contributed by atoms with Gasteiger partial charge in [-0.15, -0.1) is 0 Å². The van der Waals surface area contributed by atoms with E-state index in [1.54, 1.807) is 6.07 Å². The highest BCUT2D eigenvalue weighted by Crippen LogP contribution is 2.21. The molecule has 0 aliphatic carbocycles. The van der Waals surface area contributed by atoms with Gasteiger partial charge in [-0.05, 0) is 19.9 Å². The summed E-state index contributed by atoms with van der Waals surface area (Å²) in [6, 6.07) is 1.61. The molecule has 114 valence electrons. The molecule has 0 saturated carbocycles. The summed E-state index contributed by atoms with van der Waals surface area (Å²) >= 11 is 0. The van der Waals surface area contributed by atoms with Gasteiger partial charge in [0.05, 0.1) is 18.4 Å². The quantitative estimate of drug-likeness (QED) is 0.785. The van der Waals surface area contributed by atoms with Crippen LogP contribution in [0.15, 0.2) is 18.5 Å². The van der Waals surface area contributed by atoms with Crippen molar-refractivity contribution in [3.8, 4) is 5.75 Å². The zero-order chi connectivity index (χ0) is 15.2. The number of pyridine rings is 1. The smallest absolute Gasteiger partial charge is 0.411 e. The molecule has 0 aliphatic heterocycles. The Morgan fingerprint density at radius 2 is 2.00 bits per heavy atom. The molecule has 0 fully saturated rings. The van der Waals surface area contributed by atoms with Crippen molar-refractivity contribution in [3.63, 3.8) is 0 Å². The topological polar surface area (TPSA) is 51.6 Å². The molecule has 0 saturated heterocycles. The first-order valence-electron chi connectivity index (χ1n) is 6.22. The van der Waals surface area contributed by atoms with Gasteiger partial charge < -0.3 is 14.6 Å². The Hall–Kier alpha value is -1.34. The number of aromatic nitrogens is 1. The van der Waals surface area contributed by atoms with Crippen LogP contribution in [0.3, 0.4) is 0 Å². The largest absolute Gasteiger partial charge is 0.489 e. The fourth-order valence-corrected chi connectivity index (χ4v) is 1.50. The van der Waals surface area contributed by atoms with Gasteiger partial charge in [-0.2, -0.15) is 13.2 Å². The van der Waals surface area contributed by atoms with Gasteiger partial charge in [-0.1, -0.05) is 0 Å². The van der Waals surface area contributed by atoms with Crippen molar-refractivity contribution in [2.75, 3.05) is 13.2 Å². The van der Waals surface area contributed by atoms with Gasteiger partial charge >= 0.3 is 6.18 Å². The normalized spacial score (nSPS) is 13.6. The molecule has 0 aliphatic rings. The molecule has 1 atom stereocenters. The molecule has 7 heteroatoms. The van der Waals surface area contributed by atoms with Crippen LogP contribution in [0, 0.1) is 0 Å². The second-order valence-electron chi connectivity index (χ2n) is 4.59. The summed E-state index contributed by atoms with van der Waals surface area (Å²) in [7, 11) is 0. The maximum Gasteiger partial charge on any atom is 0.411 e. The molecular formula is C13H18F3NO3. The number of nitrogens with zero attached hydrogens (tertiary/aromatic N) is 1. The Balaban J connectivity index is 2.44. The number of alkyl halides is 3. The zero-order valence-electron chi connectivity index (χ0n) is 11.4. The van der Waals surface area contributed by atoms with Crippen molar-refractivity contribution in [1.82, 2.24) is 4.98 Å². The van der Waals surface area contributed by atoms with E-state index >= 15 is 0 Å². The lowest BCUT2D eigenvalue weighted by Gasteiger charge is -2.14. The summed E-state index contributed by atoms with van der Waals surface area (Å²) in [5.41, 5.74) is 0.485. The van der Waals surface area contributed by atoms with E-state index in [0.29, 0.717) is 11.3 Å². The van der Waals surface area contributed by atoms with E-state index < -0.39 is 18.9 Å². The Morgan fingerprint density at radius 1 is 1.30 bits per heavy atom. The molecule has 1 heterocycles. The van der Waals surface area contributed by atoms with Crippen LogP contribution in [0.25, 0.3) is 0 Å². The maximum absolute atomic E-state index is 11.9. The average molecular weight is 293 g/mol. The van der Waals surface area contributed by atoms with Crippen molar-refractivity contribution >= 4 is 0 Å². The van der Waals surface area contributed by atoms with Gasteiger partial charge in [0.2, 0.25) is 0 Å². The summed E-state index contributed by atoms with van der Waals surface area (Å²) in [6.45, 7) is 2.21. The van der Waals surface area contributed by atoms with Crippen LogP contribution in [-0.4, -0.2) is 35.6 Å². The number of halogens is 3. The van der Waals surface area contributed by atoms with Crippen LogP contribution >= 0.6 is 0 Å². The van der Waals surface area contributed by atoms with Crippen LogP contribution in [0.2, 0.25) is 0 Å². The molecule has 0 aromatic carbocycles. The molecule has 1 aromatic heterocycles. The highest BCUT2D eigenvalue weighted by atomic mass is 19.4. The molecule has 0 spiro atoms. The summed E-state index contributed by atoms with van der Waals surface area (Å²) in [4.78, 5) is 3.92. The van der Waals surface area contributed by atoms with Crippen LogP contribution in [0.5, 0.6) is 5.75 Å². The summed E-state index contributed by atoms with van der Waals surface area (Å²) in [5.74, 6) is 0.507. The van der Waals surface area contributed by atoms with Crippen molar-refractivity contribution in [1.29, 1.82) is 0 Å². The first kappa shape index (κ1) is 16.7. The van der Waals surface area contributed by atoms with E-state index in [4.69, 9.17) is 4.74 Å². The first-order chi connectivity index (χ1) is 9.28. The standard InChI is InChI=1S/C13H18F3NO3/c1-9(2)20-11-5-10(6-17-7-11)12(18)3-4-19-8-13(14,15)16/h5-7,9,12,18H,3-4,8H2,1-2H3. The maximum atomic E-state index is 11.9. The van der Waals surface area contributed by atoms with Gasteiger partial charge in [0.1, 0.15) is 12.4 Å². The Bertz CT molecular complexity index is 410. The first-order valence-corrected chi connectivity index (χ1v) is 6.22. The number of hydrogen-bond acceptors (Lipinski definition) is 4. The van der Waals surface area contributed by atoms with Crippen LogP contribution in [0.1, 0.15) is 31.9 Å². The molecule has 4 nitrogen and oxygen atoms in total. The number of aliphatic hydroxyl groups is 1. The third-order valence-corrected chi connectivity index (χ3v) is 2.29. The summed E-state index contributed by atoms with van der Waals surface area (Å²) < 4.78 is 45.5. The molecule has 0 bridgehead atoms. The molecule has 20 heavy (non-hydrogen) atoms. The number of ether oxygens (including phenoxy) is 2. The highest BCUT2D eigenvalue weighted by molar-refractivity contribution is 5.25. The van der Waals surface area contributed by atoms with E-state index in [-0.39, 0.29) is 19.1 Å². The third kappa shape index (κ3) is 6.72. The third-order valence-electron chi connectivity index (χ3n) is 2.29. The lowest BCUT2D eigenvalue weighted by atomic mass is 10.1. The van der Waals surface area contributed by atoms with E-state index in [1.165, 1.54) is 12.4 Å². The van der Waals surface area contributed by atoms with E-state index in [0.717, 1.165) is 0 Å². The van der Waals surface area contributed by atoms with Gasteiger partial charge in [0, 0.05) is 24.8 Å². The fourth-order valence-electron chi connectivity index (χ4n) is 1.50. The SMILES string of the molecule is CC(C)Oc1cncc(C(O)CCOCC(F)(F)F)c1. The minimum atomic E-state index is -4.35. The van der Waals surface area contributed by atoms with Gasteiger partial charge in [-0.25, -0.2) is 0 Å². The minimum Gasteiger partial charge on any atom is -0.489 e. The molecule has 1 N–H and O–H groups in total. The molecule has 0 radical (unpaired) electrons. The predicted octanol–water partition coefficient (Wildman–Crippen LogP) is 2.87. The van der Waals surface area contributed by atoms with E-state index in [2.05, 4.69) is 9.72 Å². The second kappa shape index (κ2) is 7.44. The van der Waals surface area contributed by atoms with Crippen LogP contribution in [-0.2, 0) is 4.74 Å². The monoisotopic (exact) mass is 293 g/mol. The lowest BCUT2D eigenvalue weighted by molar-refractivity contribution is -0.175. The average Bonchev–Trinajstić information content (AvgIpc) is 2.32. The van der Waals surface area contributed by atoms with Crippen molar-refractivity contribution in [3.05, 3.63) is 24.0 Å². The summed E-state index contributed by atoms with van der Waals surface area (Å²) in [6.07, 6.45) is -2.30. The van der Waals surface area contributed by atoms with E-state index in [9.17, 15) is 18.3 Å². The Morgan fingerprint density at radius 3 is 2.60 bits per heavy atom. The van der Waals surface area contributed by atoms with Gasteiger partial charge in [0.25, 0.3) is 0 Å². The van der Waals surface area contributed by atoms with Crippen molar-refractivity contribution in [2.45, 2.75) is 38.7 Å². The number of rotatable bonds is 7. The summed E-state index contributed by atoms with van der Waals surface area (Å²) in [5, 5.41) is 9.85. The Kier molecular flexibility index (Phi) is 6.22.